The molecule has 10 heteroatoms. The molecule has 1 atom stereocenters. The zero-order valence-electron chi connectivity index (χ0n) is 18.3. The summed E-state index contributed by atoms with van der Waals surface area (Å²) in [4.78, 5) is 26.9. The lowest BCUT2D eigenvalue weighted by Gasteiger charge is -2.26. The normalized spacial score (nSPS) is 18.7. The van der Waals surface area contributed by atoms with Gasteiger partial charge >= 0.3 is 0 Å². The van der Waals surface area contributed by atoms with Gasteiger partial charge in [0, 0.05) is 43.7 Å². The second-order valence-electron chi connectivity index (χ2n) is 8.08. The highest BCUT2D eigenvalue weighted by atomic mass is 35.5. The van der Waals surface area contributed by atoms with Crippen LogP contribution in [0, 0.1) is 0 Å². The van der Waals surface area contributed by atoms with Crippen molar-refractivity contribution in [2.24, 2.45) is 0 Å². The first-order chi connectivity index (χ1) is 15.8. The Morgan fingerprint density at radius 2 is 1.82 bits per heavy atom. The van der Waals surface area contributed by atoms with Gasteiger partial charge in [-0.2, -0.15) is 4.31 Å². The summed E-state index contributed by atoms with van der Waals surface area (Å²) in [5.74, 6) is -0.539. The summed E-state index contributed by atoms with van der Waals surface area (Å²) in [5.41, 5.74) is 2.27. The van der Waals surface area contributed by atoms with E-state index in [1.807, 2.05) is 12.1 Å². The molecule has 0 spiro atoms. The minimum absolute atomic E-state index is 0.162. The Kier molecular flexibility index (Phi) is 7.04. The van der Waals surface area contributed by atoms with Gasteiger partial charge in [0.25, 0.3) is 0 Å². The first-order valence-corrected chi connectivity index (χ1v) is 12.6. The third kappa shape index (κ3) is 5.06. The van der Waals surface area contributed by atoms with Gasteiger partial charge in [-0.15, -0.1) is 0 Å². The molecule has 176 valence electrons. The average Bonchev–Trinajstić information content (AvgIpc) is 3.20. The standard InChI is InChI=1S/C23H26ClN3O5S/c1-16(28)27-21-7-6-20(33(30,31)26-10-12-32-13-11-26)14-18(21)15-22(27)23(29)25-9-8-17-2-4-19(24)5-3-17/h2-7,14,22H,8-13,15H2,1H3,(H,25,29)/t22-/m1/s1. The molecule has 2 aliphatic heterocycles. The van der Waals surface area contributed by atoms with Crippen molar-refractivity contribution >= 4 is 39.1 Å². The first-order valence-electron chi connectivity index (χ1n) is 10.8. The molecule has 33 heavy (non-hydrogen) atoms. The largest absolute Gasteiger partial charge is 0.379 e. The molecule has 1 fully saturated rings. The third-order valence-electron chi connectivity index (χ3n) is 5.91. The predicted molar refractivity (Wildman–Crippen MR) is 125 cm³/mol. The number of sulfonamides is 1. The van der Waals surface area contributed by atoms with Crippen molar-refractivity contribution in [3.8, 4) is 0 Å². The van der Waals surface area contributed by atoms with E-state index in [4.69, 9.17) is 16.3 Å². The summed E-state index contributed by atoms with van der Waals surface area (Å²) < 4.78 is 32.7. The van der Waals surface area contributed by atoms with Gasteiger partial charge in [-0.05, 0) is 47.9 Å². The summed E-state index contributed by atoms with van der Waals surface area (Å²) in [6, 6.07) is 11.4. The van der Waals surface area contributed by atoms with E-state index in [1.165, 1.54) is 22.2 Å². The molecule has 2 aliphatic rings. The van der Waals surface area contributed by atoms with Crippen LogP contribution in [0.25, 0.3) is 0 Å². The highest BCUT2D eigenvalue weighted by Crippen LogP contribution is 2.35. The molecule has 2 aromatic carbocycles. The quantitative estimate of drug-likeness (QED) is 0.666. The molecular formula is C23H26ClN3O5S. The zero-order chi connectivity index (χ0) is 23.6. The molecule has 0 unspecified atom stereocenters. The van der Waals surface area contributed by atoms with E-state index in [0.29, 0.717) is 55.5 Å². The van der Waals surface area contributed by atoms with Crippen LogP contribution in [0.5, 0.6) is 0 Å². The number of halogens is 1. The molecule has 2 aromatic rings. The number of nitrogens with zero attached hydrogens (tertiary/aromatic N) is 2. The molecule has 2 amide bonds. The highest BCUT2D eigenvalue weighted by Gasteiger charge is 2.38. The fourth-order valence-corrected chi connectivity index (χ4v) is 5.81. The van der Waals surface area contributed by atoms with Crippen molar-refractivity contribution in [3.63, 3.8) is 0 Å². The number of benzene rings is 2. The number of morpholine rings is 1. The molecule has 0 saturated carbocycles. The van der Waals surface area contributed by atoms with Gasteiger partial charge in [0.05, 0.1) is 18.1 Å². The maximum atomic E-state index is 13.0. The number of fused-ring (bicyclic) bond motifs is 1. The Labute approximate surface area is 198 Å². The molecule has 0 radical (unpaired) electrons. The number of rotatable bonds is 6. The number of nitrogens with one attached hydrogen (secondary N) is 1. The van der Waals surface area contributed by atoms with E-state index in [0.717, 1.165) is 5.56 Å². The van der Waals surface area contributed by atoms with Crippen LogP contribution in [-0.4, -0.2) is 63.4 Å². The Hall–Kier alpha value is -2.46. The van der Waals surface area contributed by atoms with Gasteiger partial charge in [-0.3, -0.25) is 14.5 Å². The average molecular weight is 492 g/mol. The van der Waals surface area contributed by atoms with Crippen LogP contribution in [-0.2, 0) is 37.2 Å². The number of hydrogen-bond acceptors (Lipinski definition) is 5. The van der Waals surface area contributed by atoms with Crippen LogP contribution in [0.4, 0.5) is 5.69 Å². The fourth-order valence-electron chi connectivity index (χ4n) is 4.22. The monoisotopic (exact) mass is 491 g/mol. The minimum atomic E-state index is -3.67. The first kappa shape index (κ1) is 23.7. The van der Waals surface area contributed by atoms with Gasteiger partial charge in [0.15, 0.2) is 0 Å². The van der Waals surface area contributed by atoms with Gasteiger partial charge in [0.1, 0.15) is 6.04 Å². The third-order valence-corrected chi connectivity index (χ3v) is 8.06. The summed E-state index contributed by atoms with van der Waals surface area (Å²) in [6.45, 7) is 3.15. The Bertz CT molecular complexity index is 1150. The second-order valence-corrected chi connectivity index (χ2v) is 10.5. The van der Waals surface area contributed by atoms with Gasteiger partial charge in [-0.1, -0.05) is 23.7 Å². The van der Waals surface area contributed by atoms with Crippen LogP contribution in [0.2, 0.25) is 5.02 Å². The molecule has 4 rings (SSSR count). The van der Waals surface area contributed by atoms with Crippen LogP contribution >= 0.6 is 11.6 Å². The lowest BCUT2D eigenvalue weighted by Crippen LogP contribution is -2.47. The number of carbonyl (C=O) groups is 2. The van der Waals surface area contributed by atoms with Crippen molar-refractivity contribution in [1.29, 1.82) is 0 Å². The summed E-state index contributed by atoms with van der Waals surface area (Å²) >= 11 is 5.90. The minimum Gasteiger partial charge on any atom is -0.379 e. The van der Waals surface area contributed by atoms with E-state index >= 15 is 0 Å². The maximum absolute atomic E-state index is 13.0. The van der Waals surface area contributed by atoms with E-state index < -0.39 is 16.1 Å². The van der Waals surface area contributed by atoms with Crippen molar-refractivity contribution in [1.82, 2.24) is 9.62 Å². The van der Waals surface area contributed by atoms with Crippen LogP contribution in [0.3, 0.4) is 0 Å². The van der Waals surface area contributed by atoms with Crippen LogP contribution < -0.4 is 10.2 Å². The van der Waals surface area contributed by atoms with Gasteiger partial charge < -0.3 is 10.1 Å². The van der Waals surface area contributed by atoms with Crippen molar-refractivity contribution in [2.45, 2.75) is 30.7 Å². The lowest BCUT2D eigenvalue weighted by molar-refractivity contribution is -0.125. The van der Waals surface area contributed by atoms with E-state index in [2.05, 4.69) is 5.32 Å². The second kappa shape index (κ2) is 9.80. The number of anilines is 1. The van der Waals surface area contributed by atoms with Gasteiger partial charge in [-0.25, -0.2) is 8.42 Å². The fraction of sp³-hybridized carbons (Fsp3) is 0.391. The molecule has 0 bridgehead atoms. The highest BCUT2D eigenvalue weighted by molar-refractivity contribution is 7.89. The SMILES string of the molecule is CC(=O)N1c2ccc(S(=O)(=O)N3CCOCC3)cc2C[C@@H]1C(=O)NCCc1ccc(Cl)cc1. The molecule has 2 heterocycles. The summed E-state index contributed by atoms with van der Waals surface area (Å²) in [5, 5.41) is 3.55. The summed E-state index contributed by atoms with van der Waals surface area (Å²) in [7, 11) is -3.67. The number of hydrogen-bond donors (Lipinski definition) is 1. The topological polar surface area (TPSA) is 96.0 Å². The van der Waals surface area contributed by atoms with Gasteiger partial charge in [0.2, 0.25) is 21.8 Å². The Balaban J connectivity index is 1.48. The molecule has 1 saturated heterocycles. The van der Waals surface area contributed by atoms with Crippen molar-refractivity contribution in [2.75, 3.05) is 37.7 Å². The van der Waals surface area contributed by atoms with Crippen molar-refractivity contribution in [3.05, 3.63) is 58.6 Å². The smallest absolute Gasteiger partial charge is 0.243 e. The Morgan fingerprint density at radius 1 is 1.12 bits per heavy atom. The molecular weight excluding hydrogens is 466 g/mol. The molecule has 0 aliphatic carbocycles. The van der Waals surface area contributed by atoms with E-state index in [-0.39, 0.29) is 23.1 Å². The number of ether oxygens (including phenoxy) is 1. The zero-order valence-corrected chi connectivity index (χ0v) is 19.9. The lowest BCUT2D eigenvalue weighted by atomic mass is 10.1. The van der Waals surface area contributed by atoms with Crippen LogP contribution in [0.1, 0.15) is 18.1 Å². The molecule has 8 nitrogen and oxygen atoms in total. The summed E-state index contributed by atoms with van der Waals surface area (Å²) in [6.07, 6.45) is 0.888. The molecule has 0 aromatic heterocycles. The number of amides is 2. The maximum Gasteiger partial charge on any atom is 0.243 e. The Morgan fingerprint density at radius 3 is 2.48 bits per heavy atom. The number of carbonyl (C=O) groups excluding carboxylic acids is 2. The van der Waals surface area contributed by atoms with E-state index in [9.17, 15) is 18.0 Å². The van der Waals surface area contributed by atoms with Crippen LogP contribution in [0.15, 0.2) is 47.4 Å². The molecule has 1 N–H and O–H groups in total. The van der Waals surface area contributed by atoms with Crippen molar-refractivity contribution < 1.29 is 22.7 Å². The predicted octanol–water partition coefficient (Wildman–Crippen LogP) is 2.00. The van der Waals surface area contributed by atoms with E-state index in [1.54, 1.807) is 24.3 Å².